The molecular weight excluding hydrogens is 256 g/mol. The van der Waals surface area contributed by atoms with Crippen LogP contribution in [0.1, 0.15) is 27.7 Å². The maximum atomic E-state index is 10.3. The van der Waals surface area contributed by atoms with E-state index in [9.17, 15) is 4.79 Å². The summed E-state index contributed by atoms with van der Waals surface area (Å²) >= 11 is 0. The number of hydrogen-bond acceptors (Lipinski definition) is 5. The van der Waals surface area contributed by atoms with Crippen molar-refractivity contribution in [1.29, 1.82) is 0 Å². The SMILES string of the molecule is CC1(NC=O)CN(c2cccnn2)C1.COC(C)(C)C. The fourth-order valence-electron chi connectivity index (χ4n) is 1.65. The Hall–Kier alpha value is -1.69. The third-order valence-electron chi connectivity index (χ3n) is 2.98. The Morgan fingerprint density at radius 3 is 2.45 bits per heavy atom. The molecular formula is C14H24N4O2. The van der Waals surface area contributed by atoms with Crippen molar-refractivity contribution in [2.75, 3.05) is 25.1 Å². The predicted molar refractivity (Wildman–Crippen MR) is 78.6 cm³/mol. The van der Waals surface area contributed by atoms with E-state index >= 15 is 0 Å². The van der Waals surface area contributed by atoms with Gasteiger partial charge in [0.25, 0.3) is 0 Å². The van der Waals surface area contributed by atoms with Crippen molar-refractivity contribution < 1.29 is 9.53 Å². The molecule has 6 nitrogen and oxygen atoms in total. The molecule has 0 bridgehead atoms. The van der Waals surface area contributed by atoms with Crippen molar-refractivity contribution in [3.63, 3.8) is 0 Å². The fraction of sp³-hybridized carbons (Fsp3) is 0.643. The number of nitrogens with zero attached hydrogens (tertiary/aromatic N) is 3. The molecule has 112 valence electrons. The van der Waals surface area contributed by atoms with Gasteiger partial charge in [-0.25, -0.2) is 0 Å². The lowest BCUT2D eigenvalue weighted by atomic mass is 9.92. The molecule has 1 aromatic rings. The van der Waals surface area contributed by atoms with Gasteiger partial charge in [-0.05, 0) is 39.8 Å². The molecule has 0 aromatic carbocycles. The normalized spacial score (nSPS) is 16.6. The van der Waals surface area contributed by atoms with Crippen LogP contribution in [-0.2, 0) is 9.53 Å². The standard InChI is InChI=1S/C9H12N4O.C5H12O/c1-9(10-7-14)5-13(6-9)8-3-2-4-11-12-8;1-5(2,3)6-4/h2-4,7H,5-6H2,1H3,(H,10,14);1-4H3. The van der Waals surface area contributed by atoms with Crippen LogP contribution in [0.5, 0.6) is 0 Å². The van der Waals surface area contributed by atoms with Crippen molar-refractivity contribution in [1.82, 2.24) is 15.5 Å². The van der Waals surface area contributed by atoms with E-state index in [1.165, 1.54) is 0 Å². The highest BCUT2D eigenvalue weighted by Crippen LogP contribution is 2.24. The number of nitrogens with one attached hydrogen (secondary N) is 1. The molecule has 0 unspecified atom stereocenters. The number of rotatable bonds is 3. The summed E-state index contributed by atoms with van der Waals surface area (Å²) in [6.07, 6.45) is 2.39. The smallest absolute Gasteiger partial charge is 0.207 e. The lowest BCUT2D eigenvalue weighted by Crippen LogP contribution is -2.67. The van der Waals surface area contributed by atoms with Crippen LogP contribution >= 0.6 is 0 Å². The van der Waals surface area contributed by atoms with Gasteiger partial charge in [0.05, 0.1) is 11.1 Å². The highest BCUT2D eigenvalue weighted by molar-refractivity contribution is 5.52. The maximum absolute atomic E-state index is 10.3. The van der Waals surface area contributed by atoms with Gasteiger partial charge in [-0.3, -0.25) is 4.79 Å². The van der Waals surface area contributed by atoms with Gasteiger partial charge in [0.1, 0.15) is 0 Å². The van der Waals surface area contributed by atoms with Gasteiger partial charge in [-0.15, -0.1) is 5.10 Å². The Morgan fingerprint density at radius 2 is 2.05 bits per heavy atom. The molecule has 20 heavy (non-hydrogen) atoms. The number of methoxy groups -OCH3 is 1. The number of ether oxygens (including phenoxy) is 1. The van der Waals surface area contributed by atoms with Crippen molar-refractivity contribution in [2.45, 2.75) is 38.8 Å². The van der Waals surface area contributed by atoms with Crippen LogP contribution in [0.3, 0.4) is 0 Å². The molecule has 0 radical (unpaired) electrons. The second-order valence-corrected chi connectivity index (χ2v) is 6.08. The fourth-order valence-corrected chi connectivity index (χ4v) is 1.65. The van der Waals surface area contributed by atoms with E-state index < -0.39 is 0 Å². The Balaban J connectivity index is 0.000000286. The lowest BCUT2D eigenvalue weighted by molar-refractivity contribution is -0.111. The van der Waals surface area contributed by atoms with Gasteiger partial charge in [0.2, 0.25) is 6.41 Å². The molecule has 1 aliphatic rings. The van der Waals surface area contributed by atoms with E-state index in [1.807, 2.05) is 39.8 Å². The van der Waals surface area contributed by atoms with E-state index in [0.717, 1.165) is 25.3 Å². The van der Waals surface area contributed by atoms with Crippen LogP contribution in [0.15, 0.2) is 18.3 Å². The van der Waals surface area contributed by atoms with Crippen LogP contribution in [-0.4, -0.2) is 47.9 Å². The van der Waals surface area contributed by atoms with Crippen LogP contribution < -0.4 is 10.2 Å². The van der Waals surface area contributed by atoms with E-state index in [4.69, 9.17) is 4.74 Å². The first-order valence-corrected chi connectivity index (χ1v) is 6.59. The van der Waals surface area contributed by atoms with Crippen molar-refractivity contribution >= 4 is 12.2 Å². The van der Waals surface area contributed by atoms with Crippen LogP contribution in [0.2, 0.25) is 0 Å². The van der Waals surface area contributed by atoms with Gasteiger partial charge >= 0.3 is 0 Å². The van der Waals surface area contributed by atoms with Gasteiger partial charge in [-0.1, -0.05) is 0 Å². The van der Waals surface area contributed by atoms with Gasteiger partial charge in [-0.2, -0.15) is 5.10 Å². The zero-order valence-electron chi connectivity index (χ0n) is 12.9. The molecule has 2 heterocycles. The second kappa shape index (κ2) is 6.65. The molecule has 0 spiro atoms. The molecule has 1 saturated heterocycles. The molecule has 0 atom stereocenters. The first-order valence-electron chi connectivity index (χ1n) is 6.59. The van der Waals surface area contributed by atoms with Crippen molar-refractivity contribution in [3.05, 3.63) is 18.3 Å². The molecule has 6 heteroatoms. The monoisotopic (exact) mass is 280 g/mol. The highest BCUT2D eigenvalue weighted by atomic mass is 16.5. The molecule has 1 aromatic heterocycles. The first-order chi connectivity index (χ1) is 9.29. The Bertz CT molecular complexity index is 411. The molecule has 2 rings (SSSR count). The molecule has 1 N–H and O–H groups in total. The quantitative estimate of drug-likeness (QED) is 0.844. The van der Waals surface area contributed by atoms with Crippen LogP contribution in [0.4, 0.5) is 5.82 Å². The minimum Gasteiger partial charge on any atom is -0.379 e. The average Bonchev–Trinajstić information content (AvgIpc) is 2.37. The number of aromatic nitrogens is 2. The summed E-state index contributed by atoms with van der Waals surface area (Å²) in [7, 11) is 1.71. The molecule has 1 aliphatic heterocycles. The number of anilines is 1. The second-order valence-electron chi connectivity index (χ2n) is 6.08. The lowest BCUT2D eigenvalue weighted by Gasteiger charge is -2.47. The topological polar surface area (TPSA) is 67.4 Å². The zero-order valence-corrected chi connectivity index (χ0v) is 12.9. The van der Waals surface area contributed by atoms with Gasteiger partial charge in [0.15, 0.2) is 5.82 Å². The Labute approximate surface area is 120 Å². The van der Waals surface area contributed by atoms with Crippen LogP contribution in [0, 0.1) is 0 Å². The van der Waals surface area contributed by atoms with Gasteiger partial charge in [0, 0.05) is 26.4 Å². The first kappa shape index (κ1) is 16.4. The summed E-state index contributed by atoms with van der Waals surface area (Å²) in [5.41, 5.74) is -0.0702. The Morgan fingerprint density at radius 1 is 1.45 bits per heavy atom. The average molecular weight is 280 g/mol. The molecule has 1 amide bonds. The Kier molecular flexibility index (Phi) is 5.44. The predicted octanol–water partition coefficient (Wildman–Crippen LogP) is 1.23. The van der Waals surface area contributed by atoms with E-state index in [2.05, 4.69) is 20.4 Å². The largest absolute Gasteiger partial charge is 0.379 e. The summed E-state index contributed by atoms with van der Waals surface area (Å²) in [5.74, 6) is 0.859. The third-order valence-corrected chi connectivity index (χ3v) is 2.98. The van der Waals surface area contributed by atoms with Crippen molar-refractivity contribution in [3.8, 4) is 0 Å². The molecule has 0 aliphatic carbocycles. The number of carbonyl (C=O) groups is 1. The third kappa shape index (κ3) is 5.13. The van der Waals surface area contributed by atoms with Gasteiger partial charge < -0.3 is 15.0 Å². The molecule has 0 saturated carbocycles. The summed E-state index contributed by atoms with van der Waals surface area (Å²) in [6, 6.07) is 3.76. The zero-order chi connectivity index (χ0) is 15.2. The minimum absolute atomic E-state index is 0.0417. The van der Waals surface area contributed by atoms with Crippen molar-refractivity contribution in [2.24, 2.45) is 0 Å². The van der Waals surface area contributed by atoms with E-state index in [1.54, 1.807) is 13.3 Å². The number of amides is 1. The van der Waals surface area contributed by atoms with Crippen LogP contribution in [0.25, 0.3) is 0 Å². The van der Waals surface area contributed by atoms with E-state index in [-0.39, 0.29) is 11.1 Å². The summed E-state index contributed by atoms with van der Waals surface area (Å²) in [4.78, 5) is 12.4. The summed E-state index contributed by atoms with van der Waals surface area (Å²) in [6.45, 7) is 9.64. The maximum Gasteiger partial charge on any atom is 0.207 e. The molecule has 1 fully saturated rings. The number of hydrogen-bond donors (Lipinski definition) is 1. The van der Waals surface area contributed by atoms with E-state index in [0.29, 0.717) is 0 Å². The number of carbonyl (C=O) groups excluding carboxylic acids is 1. The summed E-state index contributed by atoms with van der Waals surface area (Å²) in [5, 5.41) is 10.6. The highest BCUT2D eigenvalue weighted by Gasteiger charge is 2.38. The minimum atomic E-state index is -0.112. The summed E-state index contributed by atoms with van der Waals surface area (Å²) < 4.78 is 4.94.